The maximum absolute atomic E-state index is 11.9. The molecule has 2 rings (SSSR count). The molecule has 1 aromatic carbocycles. The smallest absolute Gasteiger partial charge is 0.252 e. The lowest BCUT2D eigenvalue weighted by molar-refractivity contribution is 0.0956. The van der Waals surface area contributed by atoms with Crippen LogP contribution in [-0.2, 0) is 0 Å². The summed E-state index contributed by atoms with van der Waals surface area (Å²) >= 11 is 0. The number of Topliss-reactive ketones (excluding diaryl/α,β-unsaturated/α-hetero) is 1. The number of allylic oxidation sites excluding steroid dienone is 2. The zero-order valence-corrected chi connectivity index (χ0v) is 10.3. The van der Waals surface area contributed by atoms with Crippen molar-refractivity contribution in [2.75, 3.05) is 6.54 Å². The van der Waals surface area contributed by atoms with Crippen molar-refractivity contribution in [1.82, 2.24) is 5.32 Å². The van der Waals surface area contributed by atoms with Crippen LogP contribution in [0.5, 0.6) is 0 Å². The van der Waals surface area contributed by atoms with Crippen LogP contribution in [0.1, 0.15) is 38.0 Å². The predicted molar refractivity (Wildman–Crippen MR) is 70.0 cm³/mol. The van der Waals surface area contributed by atoms with E-state index >= 15 is 0 Å². The van der Waals surface area contributed by atoms with Gasteiger partial charge in [-0.15, -0.1) is 6.42 Å². The Bertz CT molecular complexity index is 662. The maximum atomic E-state index is 11.9. The minimum Gasteiger partial charge on any atom is -0.341 e. The van der Waals surface area contributed by atoms with Crippen LogP contribution < -0.4 is 5.32 Å². The Morgan fingerprint density at radius 2 is 2.05 bits per heavy atom. The zero-order chi connectivity index (χ0) is 14.0. The lowest BCUT2D eigenvalue weighted by Gasteiger charge is -2.13. The minimum atomic E-state index is -0.368. The highest BCUT2D eigenvalue weighted by Gasteiger charge is 2.24. The standard InChI is InChI=1S/C15H11NO3/c1-3-6-16-15(19)10-4-5-11-12(8-10)13(17)7-9(2)14(11)18/h1,4-5,7-8H,6H2,2H3,(H,16,19). The van der Waals surface area contributed by atoms with Gasteiger partial charge in [0.2, 0.25) is 0 Å². The first-order valence-corrected chi connectivity index (χ1v) is 5.67. The van der Waals surface area contributed by atoms with Crippen molar-refractivity contribution < 1.29 is 14.4 Å². The molecule has 94 valence electrons. The fourth-order valence-electron chi connectivity index (χ4n) is 1.87. The quantitative estimate of drug-likeness (QED) is 0.810. The summed E-state index contributed by atoms with van der Waals surface area (Å²) in [5, 5.41) is 2.50. The normalized spacial score (nSPS) is 13.4. The summed E-state index contributed by atoms with van der Waals surface area (Å²) in [5.41, 5.74) is 1.30. The van der Waals surface area contributed by atoms with Crippen LogP contribution in [0.4, 0.5) is 0 Å². The number of carbonyl (C=O) groups excluding carboxylic acids is 3. The highest BCUT2D eigenvalue weighted by molar-refractivity contribution is 6.24. The molecule has 0 saturated heterocycles. The second-order valence-electron chi connectivity index (χ2n) is 4.17. The third kappa shape index (κ3) is 2.31. The van der Waals surface area contributed by atoms with Gasteiger partial charge < -0.3 is 5.32 Å². The molecule has 1 aliphatic carbocycles. The lowest BCUT2D eigenvalue weighted by atomic mass is 9.89. The van der Waals surface area contributed by atoms with Crippen molar-refractivity contribution in [2.24, 2.45) is 0 Å². The number of ketones is 2. The van der Waals surface area contributed by atoms with Crippen LogP contribution in [0.3, 0.4) is 0 Å². The number of amides is 1. The molecule has 0 bridgehead atoms. The van der Waals surface area contributed by atoms with Crippen LogP contribution in [0, 0.1) is 12.3 Å². The Hall–Kier alpha value is -2.67. The Morgan fingerprint density at radius 1 is 1.32 bits per heavy atom. The van der Waals surface area contributed by atoms with Crippen LogP contribution in [0.15, 0.2) is 29.8 Å². The number of carbonyl (C=O) groups is 3. The van der Waals surface area contributed by atoms with Crippen molar-refractivity contribution in [2.45, 2.75) is 6.92 Å². The molecule has 4 heteroatoms. The molecule has 0 heterocycles. The van der Waals surface area contributed by atoms with E-state index < -0.39 is 0 Å². The molecule has 1 aliphatic rings. The van der Waals surface area contributed by atoms with E-state index in [9.17, 15) is 14.4 Å². The van der Waals surface area contributed by atoms with E-state index in [1.54, 1.807) is 6.92 Å². The summed E-state index contributed by atoms with van der Waals surface area (Å²) < 4.78 is 0. The maximum Gasteiger partial charge on any atom is 0.252 e. The summed E-state index contributed by atoms with van der Waals surface area (Å²) in [6.07, 6.45) is 6.34. The second kappa shape index (κ2) is 4.91. The molecule has 0 aliphatic heterocycles. The third-order valence-corrected chi connectivity index (χ3v) is 2.85. The summed E-state index contributed by atoms with van der Waals surface area (Å²) in [5.74, 6) is 1.47. The van der Waals surface area contributed by atoms with E-state index in [1.807, 2.05) is 0 Å². The van der Waals surface area contributed by atoms with E-state index in [0.717, 1.165) is 0 Å². The Kier molecular flexibility index (Phi) is 3.30. The van der Waals surface area contributed by atoms with Gasteiger partial charge in [0.1, 0.15) is 0 Å². The predicted octanol–water partition coefficient (Wildman–Crippen LogP) is 1.37. The average molecular weight is 253 g/mol. The molecule has 19 heavy (non-hydrogen) atoms. The monoisotopic (exact) mass is 253 g/mol. The average Bonchev–Trinajstić information content (AvgIpc) is 2.41. The van der Waals surface area contributed by atoms with Gasteiger partial charge in [-0.3, -0.25) is 14.4 Å². The van der Waals surface area contributed by atoms with Gasteiger partial charge in [-0.2, -0.15) is 0 Å². The Balaban J connectivity index is 2.40. The highest BCUT2D eigenvalue weighted by Crippen LogP contribution is 2.22. The topological polar surface area (TPSA) is 63.2 Å². The molecule has 0 fully saturated rings. The molecule has 0 atom stereocenters. The molecular formula is C15H11NO3. The number of nitrogens with one attached hydrogen (secondary N) is 1. The van der Waals surface area contributed by atoms with Gasteiger partial charge in [-0.25, -0.2) is 0 Å². The number of terminal acetylenes is 1. The molecule has 0 aromatic heterocycles. The molecule has 1 N–H and O–H groups in total. The van der Waals surface area contributed by atoms with Gasteiger partial charge in [-0.05, 0) is 31.2 Å². The SMILES string of the molecule is C#CCNC(=O)c1ccc2c(c1)C(=O)C=C(C)C2=O. The first-order valence-electron chi connectivity index (χ1n) is 5.67. The van der Waals surface area contributed by atoms with E-state index in [2.05, 4.69) is 11.2 Å². The van der Waals surface area contributed by atoms with E-state index in [-0.39, 0.29) is 29.6 Å². The largest absolute Gasteiger partial charge is 0.341 e. The molecule has 0 unspecified atom stereocenters. The van der Waals surface area contributed by atoms with Crippen molar-refractivity contribution in [1.29, 1.82) is 0 Å². The minimum absolute atomic E-state index is 0.113. The number of rotatable bonds is 2. The summed E-state index contributed by atoms with van der Waals surface area (Å²) in [7, 11) is 0. The second-order valence-corrected chi connectivity index (χ2v) is 4.17. The van der Waals surface area contributed by atoms with Gasteiger partial charge in [0.05, 0.1) is 6.54 Å². The van der Waals surface area contributed by atoms with Gasteiger partial charge in [0.15, 0.2) is 11.6 Å². The molecular weight excluding hydrogens is 242 g/mol. The summed E-state index contributed by atoms with van der Waals surface area (Å²) in [6, 6.07) is 4.43. The molecule has 4 nitrogen and oxygen atoms in total. The van der Waals surface area contributed by atoms with E-state index in [4.69, 9.17) is 6.42 Å². The van der Waals surface area contributed by atoms with Gasteiger partial charge >= 0.3 is 0 Å². The van der Waals surface area contributed by atoms with Crippen LogP contribution in [0.25, 0.3) is 0 Å². The Labute approximate surface area is 110 Å². The number of hydrogen-bond acceptors (Lipinski definition) is 3. The molecule has 0 spiro atoms. The lowest BCUT2D eigenvalue weighted by Crippen LogP contribution is -2.24. The van der Waals surface area contributed by atoms with Gasteiger partial charge in [-0.1, -0.05) is 5.92 Å². The third-order valence-electron chi connectivity index (χ3n) is 2.85. The zero-order valence-electron chi connectivity index (χ0n) is 10.3. The fourth-order valence-corrected chi connectivity index (χ4v) is 1.87. The van der Waals surface area contributed by atoms with Crippen molar-refractivity contribution >= 4 is 17.5 Å². The Morgan fingerprint density at radius 3 is 2.74 bits per heavy atom. The molecule has 0 saturated carbocycles. The van der Waals surface area contributed by atoms with E-state index in [0.29, 0.717) is 16.7 Å². The highest BCUT2D eigenvalue weighted by atomic mass is 16.2. The van der Waals surface area contributed by atoms with Crippen molar-refractivity contribution in [3.8, 4) is 12.3 Å². The van der Waals surface area contributed by atoms with E-state index in [1.165, 1.54) is 24.3 Å². The van der Waals surface area contributed by atoms with Crippen molar-refractivity contribution in [3.05, 3.63) is 46.5 Å². The molecule has 1 aromatic rings. The van der Waals surface area contributed by atoms with Crippen LogP contribution >= 0.6 is 0 Å². The number of fused-ring (bicyclic) bond motifs is 1. The van der Waals surface area contributed by atoms with Gasteiger partial charge in [0, 0.05) is 22.3 Å². The first kappa shape index (κ1) is 12.8. The first-order chi connectivity index (χ1) is 9.04. The van der Waals surface area contributed by atoms with Crippen LogP contribution in [-0.4, -0.2) is 24.0 Å². The van der Waals surface area contributed by atoms with Gasteiger partial charge in [0.25, 0.3) is 5.91 Å². The summed E-state index contributed by atoms with van der Waals surface area (Å²) in [6.45, 7) is 1.71. The van der Waals surface area contributed by atoms with Crippen molar-refractivity contribution in [3.63, 3.8) is 0 Å². The van der Waals surface area contributed by atoms with Crippen LogP contribution in [0.2, 0.25) is 0 Å². The summed E-state index contributed by atoms with van der Waals surface area (Å²) in [4.78, 5) is 35.4. The fraction of sp³-hybridized carbons (Fsp3) is 0.133. The number of hydrogen-bond donors (Lipinski definition) is 1. The molecule has 1 amide bonds. The number of benzene rings is 1. The molecule has 0 radical (unpaired) electrons.